The van der Waals surface area contributed by atoms with Gasteiger partial charge in [0.1, 0.15) is 18.1 Å². The van der Waals surface area contributed by atoms with Crippen molar-refractivity contribution in [3.05, 3.63) is 58.1 Å². The van der Waals surface area contributed by atoms with Crippen LogP contribution in [0.2, 0.25) is 0 Å². The van der Waals surface area contributed by atoms with E-state index >= 15 is 0 Å². The molecule has 0 saturated carbocycles. The minimum Gasteiger partial charge on any atom is -0.394 e. The molecule has 1 fully saturated rings. The van der Waals surface area contributed by atoms with Gasteiger partial charge in [-0.05, 0) is 5.56 Å². The van der Waals surface area contributed by atoms with Crippen LogP contribution in [0, 0.1) is 0 Å². The largest absolute Gasteiger partial charge is 0.394 e. The Labute approximate surface area is 144 Å². The van der Waals surface area contributed by atoms with E-state index in [-0.39, 0.29) is 25.5 Å². The van der Waals surface area contributed by atoms with Crippen molar-refractivity contribution >= 4 is 5.82 Å². The van der Waals surface area contributed by atoms with Crippen LogP contribution >= 0.6 is 0 Å². The van der Waals surface area contributed by atoms with Crippen molar-refractivity contribution in [3.8, 4) is 0 Å². The summed E-state index contributed by atoms with van der Waals surface area (Å²) in [6.07, 6.45) is -0.515. The van der Waals surface area contributed by atoms with Gasteiger partial charge in [0.2, 0.25) is 0 Å². The first kappa shape index (κ1) is 17.6. The Hall–Kier alpha value is -2.26. The number of rotatable bonds is 6. The second-order valence-electron chi connectivity index (χ2n) is 5.93. The minimum absolute atomic E-state index is 0.103. The summed E-state index contributed by atoms with van der Waals surface area (Å²) in [6.45, 7) is 0.277. The first-order valence-corrected chi connectivity index (χ1v) is 8.02. The number of benzene rings is 1. The number of nitrogens with two attached hydrogens (primary N) is 1. The van der Waals surface area contributed by atoms with E-state index in [0.717, 1.165) is 5.56 Å². The van der Waals surface area contributed by atoms with Crippen molar-refractivity contribution in [2.45, 2.75) is 38.1 Å². The van der Waals surface area contributed by atoms with E-state index in [4.69, 9.17) is 20.3 Å². The van der Waals surface area contributed by atoms with E-state index in [0.29, 0.717) is 12.2 Å². The van der Waals surface area contributed by atoms with Gasteiger partial charge in [-0.25, -0.2) is 4.79 Å². The maximum Gasteiger partial charge on any atom is 0.351 e. The fourth-order valence-electron chi connectivity index (χ4n) is 2.74. The summed E-state index contributed by atoms with van der Waals surface area (Å²) in [7, 11) is 0. The zero-order chi connectivity index (χ0) is 17.8. The minimum atomic E-state index is -0.836. The quantitative estimate of drug-likeness (QED) is 0.682. The summed E-state index contributed by atoms with van der Waals surface area (Å²) < 4.78 is 12.4. The van der Waals surface area contributed by atoms with Crippen molar-refractivity contribution in [3.63, 3.8) is 0 Å². The molecule has 1 aliphatic rings. The van der Waals surface area contributed by atoms with Crippen LogP contribution in [0.3, 0.4) is 0 Å². The molecule has 0 radical (unpaired) electrons. The predicted molar refractivity (Wildman–Crippen MR) is 89.5 cm³/mol. The summed E-state index contributed by atoms with van der Waals surface area (Å²) in [5.41, 5.74) is 6.83. The van der Waals surface area contributed by atoms with Crippen molar-refractivity contribution in [1.29, 1.82) is 0 Å². The number of ether oxygens (including phenoxy) is 2. The number of hydrogen-bond acceptors (Lipinski definition) is 7. The molecule has 2 heterocycles. The topological polar surface area (TPSA) is 120 Å². The fraction of sp³-hybridized carbons (Fsp3) is 0.412. The molecule has 1 saturated heterocycles. The smallest absolute Gasteiger partial charge is 0.351 e. The average molecular weight is 347 g/mol. The first-order chi connectivity index (χ1) is 12.1. The Bertz CT molecular complexity index is 765. The normalized spacial score (nSPS) is 23.0. The van der Waals surface area contributed by atoms with Crippen molar-refractivity contribution < 1.29 is 19.7 Å². The highest BCUT2D eigenvalue weighted by Crippen LogP contribution is 2.27. The van der Waals surface area contributed by atoms with Gasteiger partial charge >= 0.3 is 5.69 Å². The molecule has 2 aromatic rings. The van der Waals surface area contributed by atoms with Crippen LogP contribution in [0.5, 0.6) is 0 Å². The molecule has 4 N–H and O–H groups in total. The molecule has 0 spiro atoms. The molecule has 3 unspecified atom stereocenters. The number of nitrogens with zero attached hydrogens (tertiary/aromatic N) is 2. The second-order valence-corrected chi connectivity index (χ2v) is 5.93. The lowest BCUT2D eigenvalue weighted by molar-refractivity contribution is -0.0460. The third kappa shape index (κ3) is 4.05. The van der Waals surface area contributed by atoms with Crippen LogP contribution in [-0.2, 0) is 22.7 Å². The zero-order valence-corrected chi connectivity index (χ0v) is 13.6. The number of anilines is 1. The lowest BCUT2D eigenvalue weighted by Gasteiger charge is -2.16. The van der Waals surface area contributed by atoms with Gasteiger partial charge in [-0.1, -0.05) is 30.3 Å². The van der Waals surface area contributed by atoms with Gasteiger partial charge in [-0.15, -0.1) is 0 Å². The molecule has 1 aromatic carbocycles. The Morgan fingerprint density at radius 3 is 2.76 bits per heavy atom. The van der Waals surface area contributed by atoms with Gasteiger partial charge in [-0.2, -0.15) is 4.98 Å². The van der Waals surface area contributed by atoms with E-state index in [1.54, 1.807) is 0 Å². The Kier molecular flexibility index (Phi) is 5.44. The van der Waals surface area contributed by atoms with Gasteiger partial charge < -0.3 is 25.4 Å². The van der Waals surface area contributed by atoms with E-state index in [2.05, 4.69) is 4.98 Å². The number of aliphatic hydroxyl groups is 2. The third-order valence-corrected chi connectivity index (χ3v) is 4.12. The van der Waals surface area contributed by atoms with Crippen LogP contribution in [-0.4, -0.2) is 38.6 Å². The Morgan fingerprint density at radius 2 is 2.08 bits per heavy atom. The molecule has 0 aliphatic carbocycles. The molecule has 8 nitrogen and oxygen atoms in total. The summed E-state index contributed by atoms with van der Waals surface area (Å²) in [5.74, 6) is 0.103. The monoisotopic (exact) mass is 347 g/mol. The van der Waals surface area contributed by atoms with Gasteiger partial charge in [0.15, 0.2) is 0 Å². The molecule has 0 amide bonds. The van der Waals surface area contributed by atoms with Gasteiger partial charge in [0, 0.05) is 18.2 Å². The predicted octanol–water partition coefficient (Wildman–Crippen LogP) is 0.183. The summed E-state index contributed by atoms with van der Waals surface area (Å²) in [6, 6.07) is 9.68. The number of hydrogen-bond donors (Lipinski definition) is 3. The highest BCUT2D eigenvalue weighted by atomic mass is 16.5. The molecule has 1 aliphatic heterocycles. The molecule has 3 rings (SSSR count). The van der Waals surface area contributed by atoms with Gasteiger partial charge in [0.05, 0.1) is 25.9 Å². The second kappa shape index (κ2) is 7.75. The maximum atomic E-state index is 12.1. The van der Waals surface area contributed by atoms with Crippen molar-refractivity contribution in [2.75, 3.05) is 12.3 Å². The van der Waals surface area contributed by atoms with Crippen LogP contribution < -0.4 is 11.4 Å². The average Bonchev–Trinajstić information content (AvgIpc) is 2.98. The zero-order valence-electron chi connectivity index (χ0n) is 13.6. The van der Waals surface area contributed by atoms with E-state index in [1.807, 2.05) is 30.3 Å². The SMILES string of the molecule is Nc1nc(=O)n(C2CC(O)C(CO)O2)cc1COCc1ccccc1. The molecule has 3 atom stereocenters. The summed E-state index contributed by atoms with van der Waals surface area (Å²) in [4.78, 5) is 15.9. The summed E-state index contributed by atoms with van der Waals surface area (Å²) in [5, 5.41) is 19.0. The van der Waals surface area contributed by atoms with Gasteiger partial charge in [0.25, 0.3) is 0 Å². The lowest BCUT2D eigenvalue weighted by atomic mass is 10.2. The molecule has 8 heteroatoms. The highest BCUT2D eigenvalue weighted by molar-refractivity contribution is 5.36. The van der Waals surface area contributed by atoms with Crippen molar-refractivity contribution in [2.24, 2.45) is 0 Å². The first-order valence-electron chi connectivity index (χ1n) is 8.02. The molecular weight excluding hydrogens is 326 g/mol. The maximum absolute atomic E-state index is 12.1. The highest BCUT2D eigenvalue weighted by Gasteiger charge is 2.35. The van der Waals surface area contributed by atoms with Crippen molar-refractivity contribution in [1.82, 2.24) is 9.55 Å². The van der Waals surface area contributed by atoms with Gasteiger partial charge in [-0.3, -0.25) is 4.57 Å². The third-order valence-electron chi connectivity index (χ3n) is 4.12. The standard InChI is InChI=1S/C17H21N3O5/c18-16-12(10-24-9-11-4-2-1-3-5-11)7-20(17(23)19-16)15-6-13(22)14(8-21)25-15/h1-5,7,13-15,21-22H,6,8-10H2,(H2,18,19,23). The number of aliphatic hydroxyl groups excluding tert-OH is 2. The Morgan fingerprint density at radius 1 is 1.32 bits per heavy atom. The van der Waals surface area contributed by atoms with Crippen LogP contribution in [0.4, 0.5) is 5.82 Å². The van der Waals surface area contributed by atoms with Crippen LogP contribution in [0.15, 0.2) is 41.3 Å². The lowest BCUT2D eigenvalue weighted by Crippen LogP contribution is -2.29. The van der Waals surface area contributed by atoms with Crippen LogP contribution in [0.1, 0.15) is 23.8 Å². The van der Waals surface area contributed by atoms with Crippen LogP contribution in [0.25, 0.3) is 0 Å². The molecule has 1 aromatic heterocycles. The molecule has 0 bridgehead atoms. The van der Waals surface area contributed by atoms with E-state index in [9.17, 15) is 9.90 Å². The number of aromatic nitrogens is 2. The molecule has 134 valence electrons. The molecule has 25 heavy (non-hydrogen) atoms. The fourth-order valence-corrected chi connectivity index (χ4v) is 2.74. The van der Waals surface area contributed by atoms with E-state index < -0.39 is 24.1 Å². The Balaban J connectivity index is 1.71. The number of nitrogen functional groups attached to an aromatic ring is 1. The van der Waals surface area contributed by atoms with E-state index in [1.165, 1.54) is 10.8 Å². The molecular formula is C17H21N3O5. The summed E-state index contributed by atoms with van der Waals surface area (Å²) >= 11 is 0.